The Bertz CT molecular complexity index is 1740. The minimum atomic E-state index is -5.07. The van der Waals surface area contributed by atoms with E-state index in [1.807, 2.05) is 0 Å². The molecule has 13 nitrogen and oxygen atoms in total. The van der Waals surface area contributed by atoms with E-state index >= 15 is 0 Å². The summed E-state index contributed by atoms with van der Waals surface area (Å²) < 4.78 is 98.6. The van der Waals surface area contributed by atoms with Crippen LogP contribution in [0.1, 0.15) is 12.5 Å². The maximum absolute atomic E-state index is 12.0. The van der Waals surface area contributed by atoms with Gasteiger partial charge in [-0.3, -0.25) is 13.7 Å². The number of aromatic hydroxyl groups is 1. The Labute approximate surface area is 199 Å². The number of anilines is 1. The fourth-order valence-corrected chi connectivity index (χ4v) is 5.08. The molecule has 0 aliphatic heterocycles. The molecule has 186 valence electrons. The first-order chi connectivity index (χ1) is 16.0. The van der Waals surface area contributed by atoms with Gasteiger partial charge in [0.05, 0.1) is 10.6 Å². The van der Waals surface area contributed by atoms with Gasteiger partial charge in [0.15, 0.2) is 5.75 Å². The Balaban J connectivity index is 2.30. The largest absolute Gasteiger partial charge is 0.505 e. The van der Waals surface area contributed by atoms with E-state index in [2.05, 4.69) is 10.2 Å². The molecule has 0 aliphatic rings. The number of nitrogens with two attached hydrogens (primary N) is 1. The SMILES string of the molecule is C/C=C/c1ccc(N=Nc2c(S(=O)(=O)O)cc3cc(S(=O)(=O)O)cc(N)c3c2O)cc1S(=O)(=O)O. The number of hydrogen-bond acceptors (Lipinski definition) is 10. The highest BCUT2D eigenvalue weighted by atomic mass is 32.2. The molecule has 0 aliphatic carbocycles. The lowest BCUT2D eigenvalue weighted by Crippen LogP contribution is -2.02. The molecule has 35 heavy (non-hydrogen) atoms. The van der Waals surface area contributed by atoms with Gasteiger partial charge < -0.3 is 10.8 Å². The average Bonchev–Trinajstić information content (AvgIpc) is 2.71. The summed E-state index contributed by atoms with van der Waals surface area (Å²) in [5, 5.41) is 17.5. The van der Waals surface area contributed by atoms with Gasteiger partial charge in [-0.1, -0.05) is 18.2 Å². The molecule has 0 unspecified atom stereocenters. The van der Waals surface area contributed by atoms with E-state index in [0.717, 1.165) is 24.3 Å². The normalized spacial score (nSPS) is 13.3. The summed E-state index contributed by atoms with van der Waals surface area (Å²) in [5.41, 5.74) is 4.56. The van der Waals surface area contributed by atoms with Crippen molar-refractivity contribution >= 4 is 64.3 Å². The molecule has 0 saturated heterocycles. The van der Waals surface area contributed by atoms with Crippen LogP contribution in [0.15, 0.2) is 67.4 Å². The summed E-state index contributed by atoms with van der Waals surface area (Å²) in [6.45, 7) is 1.62. The third-order valence-corrected chi connectivity index (χ3v) is 7.22. The number of hydrogen-bond donors (Lipinski definition) is 5. The molecule has 6 N–H and O–H groups in total. The molecule has 16 heteroatoms. The number of allylic oxidation sites excluding steroid dienone is 1. The fourth-order valence-electron chi connectivity index (χ4n) is 3.17. The summed E-state index contributed by atoms with van der Waals surface area (Å²) in [6.07, 6.45) is 2.92. The minimum absolute atomic E-state index is 0.128. The Hall–Kier alpha value is -3.41. The van der Waals surface area contributed by atoms with Crippen LogP contribution >= 0.6 is 0 Å². The summed E-state index contributed by atoms with van der Waals surface area (Å²) in [5.74, 6) is -0.904. The van der Waals surface area contributed by atoms with Crippen LogP contribution in [0.4, 0.5) is 17.1 Å². The van der Waals surface area contributed by atoms with E-state index in [4.69, 9.17) is 5.73 Å². The van der Waals surface area contributed by atoms with Gasteiger partial charge in [0.2, 0.25) is 0 Å². The quantitative estimate of drug-likeness (QED) is 0.172. The zero-order valence-corrected chi connectivity index (χ0v) is 20.0. The highest BCUT2D eigenvalue weighted by molar-refractivity contribution is 7.86. The molecule has 3 aromatic rings. The Kier molecular flexibility index (Phi) is 6.73. The third-order valence-electron chi connectivity index (χ3n) is 4.62. The first-order valence-electron chi connectivity index (χ1n) is 9.24. The maximum atomic E-state index is 12.0. The van der Waals surface area contributed by atoms with Crippen LogP contribution in [0.3, 0.4) is 0 Å². The monoisotopic (exact) mass is 543 g/mol. The van der Waals surface area contributed by atoms with Crippen LogP contribution in [0.5, 0.6) is 5.75 Å². The summed E-state index contributed by atoms with van der Waals surface area (Å²) in [6, 6.07) is 5.88. The number of fused-ring (bicyclic) bond motifs is 1. The van der Waals surface area contributed by atoms with E-state index in [0.29, 0.717) is 0 Å². The molecular weight excluding hydrogens is 526 g/mol. The Morgan fingerprint density at radius 1 is 0.829 bits per heavy atom. The van der Waals surface area contributed by atoms with Gasteiger partial charge in [0, 0.05) is 11.1 Å². The van der Waals surface area contributed by atoms with Crippen LogP contribution in [-0.2, 0) is 30.4 Å². The van der Waals surface area contributed by atoms with E-state index in [9.17, 15) is 44.0 Å². The fraction of sp³-hybridized carbons (Fsp3) is 0.0526. The topological polar surface area (TPSA) is 234 Å². The minimum Gasteiger partial charge on any atom is -0.505 e. The smallest absolute Gasteiger partial charge is 0.296 e. The average molecular weight is 544 g/mol. The number of phenols is 1. The van der Waals surface area contributed by atoms with Crippen molar-refractivity contribution in [1.82, 2.24) is 0 Å². The number of nitrogens with zero attached hydrogens (tertiary/aromatic N) is 2. The molecule has 0 heterocycles. The van der Waals surface area contributed by atoms with Crippen LogP contribution in [0.2, 0.25) is 0 Å². The maximum Gasteiger partial charge on any atom is 0.296 e. The summed E-state index contributed by atoms with van der Waals surface area (Å²) >= 11 is 0. The van der Waals surface area contributed by atoms with Gasteiger partial charge in [-0.25, -0.2) is 0 Å². The number of nitrogen functional groups attached to an aromatic ring is 1. The van der Waals surface area contributed by atoms with Gasteiger partial charge in [-0.05, 0) is 48.2 Å². The Morgan fingerprint density at radius 3 is 2.00 bits per heavy atom. The van der Waals surface area contributed by atoms with Gasteiger partial charge in [0.25, 0.3) is 30.4 Å². The first kappa shape index (κ1) is 26.2. The van der Waals surface area contributed by atoms with Crippen molar-refractivity contribution in [2.24, 2.45) is 10.2 Å². The lowest BCUT2D eigenvalue weighted by Gasteiger charge is -2.12. The highest BCUT2D eigenvalue weighted by Gasteiger charge is 2.25. The molecular formula is C19H17N3O10S3. The van der Waals surface area contributed by atoms with E-state index in [-0.39, 0.29) is 27.7 Å². The number of benzene rings is 3. The summed E-state index contributed by atoms with van der Waals surface area (Å²) in [4.78, 5) is -2.21. The van der Waals surface area contributed by atoms with E-state index in [1.165, 1.54) is 24.3 Å². The first-order valence-corrected chi connectivity index (χ1v) is 13.6. The van der Waals surface area contributed by atoms with Gasteiger partial charge in [0.1, 0.15) is 15.5 Å². The van der Waals surface area contributed by atoms with Crippen LogP contribution in [-0.4, -0.2) is 44.0 Å². The van der Waals surface area contributed by atoms with Crippen molar-refractivity contribution in [3.05, 3.63) is 48.0 Å². The van der Waals surface area contributed by atoms with E-state index < -0.39 is 56.5 Å². The predicted octanol–water partition coefficient (Wildman–Crippen LogP) is 3.32. The van der Waals surface area contributed by atoms with Crippen LogP contribution in [0.25, 0.3) is 16.8 Å². The van der Waals surface area contributed by atoms with Gasteiger partial charge >= 0.3 is 0 Å². The predicted molar refractivity (Wildman–Crippen MR) is 125 cm³/mol. The Morgan fingerprint density at radius 2 is 1.46 bits per heavy atom. The van der Waals surface area contributed by atoms with Gasteiger partial charge in [-0.2, -0.15) is 30.4 Å². The molecule has 3 aromatic carbocycles. The zero-order valence-electron chi connectivity index (χ0n) is 17.6. The zero-order chi connectivity index (χ0) is 26.3. The summed E-state index contributed by atoms with van der Waals surface area (Å²) in [7, 11) is -14.5. The molecule has 0 saturated carbocycles. The van der Waals surface area contributed by atoms with Crippen molar-refractivity contribution in [1.29, 1.82) is 0 Å². The molecule has 0 atom stereocenters. The molecule has 0 spiro atoms. The molecule has 0 aromatic heterocycles. The van der Waals surface area contributed by atoms with Crippen molar-refractivity contribution in [3.8, 4) is 5.75 Å². The van der Waals surface area contributed by atoms with Crippen molar-refractivity contribution < 1.29 is 44.0 Å². The second-order valence-electron chi connectivity index (χ2n) is 7.03. The second kappa shape index (κ2) is 8.99. The lowest BCUT2D eigenvalue weighted by molar-refractivity contribution is 0.472. The molecule has 3 rings (SSSR count). The third kappa shape index (κ3) is 5.47. The standard InChI is InChI=1S/C19H17N3O10S3/c1-2-3-10-4-5-12(8-15(10)34(27,28)29)21-22-18-16(35(30,31)32)7-11-6-13(33(24,25)26)9-14(20)17(11)19(18)23/h2-9,23H,20H2,1H3,(H,24,25,26)(H,27,28,29)(H,30,31,32)/b3-2+,22-21?. The number of rotatable bonds is 6. The van der Waals surface area contributed by atoms with Crippen molar-refractivity contribution in [2.75, 3.05) is 5.73 Å². The van der Waals surface area contributed by atoms with Crippen molar-refractivity contribution in [2.45, 2.75) is 21.6 Å². The lowest BCUT2D eigenvalue weighted by atomic mass is 10.1. The number of azo groups is 1. The molecule has 0 radical (unpaired) electrons. The second-order valence-corrected chi connectivity index (χ2v) is 11.2. The molecule has 0 bridgehead atoms. The highest BCUT2D eigenvalue weighted by Crippen LogP contribution is 2.44. The van der Waals surface area contributed by atoms with Gasteiger partial charge in [-0.15, -0.1) is 5.11 Å². The molecule has 0 fully saturated rings. The number of phenolic OH excluding ortho intramolecular Hbond substituents is 1. The van der Waals surface area contributed by atoms with Crippen molar-refractivity contribution in [3.63, 3.8) is 0 Å². The molecule has 0 amide bonds. The van der Waals surface area contributed by atoms with Crippen LogP contribution in [0, 0.1) is 0 Å². The van der Waals surface area contributed by atoms with Crippen LogP contribution < -0.4 is 5.73 Å². The van der Waals surface area contributed by atoms with E-state index in [1.54, 1.807) is 6.92 Å².